The van der Waals surface area contributed by atoms with E-state index in [1.807, 2.05) is 6.92 Å². The Bertz CT molecular complexity index is 567. The van der Waals surface area contributed by atoms with E-state index in [-0.39, 0.29) is 18.0 Å². The monoisotopic (exact) mass is 281 g/mol. The van der Waals surface area contributed by atoms with Crippen LogP contribution in [0.4, 0.5) is 5.95 Å². The summed E-state index contributed by atoms with van der Waals surface area (Å²) in [7, 11) is 0. The summed E-state index contributed by atoms with van der Waals surface area (Å²) in [6.07, 6.45) is 3.81. The smallest absolute Gasteiger partial charge is 0.330 e. The van der Waals surface area contributed by atoms with E-state index < -0.39 is 0 Å². The van der Waals surface area contributed by atoms with Crippen LogP contribution in [0.5, 0.6) is 17.8 Å². The Labute approximate surface area is 114 Å². The molecular formula is C11H12ClN5O2. The zero-order chi connectivity index (χ0) is 13.7. The van der Waals surface area contributed by atoms with E-state index >= 15 is 0 Å². The van der Waals surface area contributed by atoms with Gasteiger partial charge in [0.15, 0.2) is 5.75 Å². The molecule has 7 nitrogen and oxygen atoms in total. The summed E-state index contributed by atoms with van der Waals surface area (Å²) in [5, 5.41) is 0.446. The standard InChI is InChI=1S/C11H12ClN5O2/c1-2-3-18-10-15-9(13)16-11(17-10)19-8-4-7(12)5-14-6-8/h4-6H,2-3H2,1H3,(H2,13,15,16,17). The predicted octanol–water partition coefficient (Wildman–Crippen LogP) is 2.08. The fourth-order valence-corrected chi connectivity index (χ4v) is 1.37. The highest BCUT2D eigenvalue weighted by Crippen LogP contribution is 2.21. The van der Waals surface area contributed by atoms with Gasteiger partial charge in [-0.25, -0.2) is 0 Å². The summed E-state index contributed by atoms with van der Waals surface area (Å²) in [4.78, 5) is 15.6. The second-order valence-corrected chi connectivity index (χ2v) is 3.98. The summed E-state index contributed by atoms with van der Waals surface area (Å²) in [5.41, 5.74) is 5.55. The molecule has 0 radical (unpaired) electrons. The number of halogens is 1. The van der Waals surface area contributed by atoms with Gasteiger partial charge in [0, 0.05) is 12.3 Å². The van der Waals surface area contributed by atoms with E-state index in [1.165, 1.54) is 12.4 Å². The van der Waals surface area contributed by atoms with Crippen molar-refractivity contribution in [1.82, 2.24) is 19.9 Å². The lowest BCUT2D eigenvalue weighted by atomic mass is 10.5. The number of aromatic nitrogens is 4. The van der Waals surface area contributed by atoms with Crippen LogP contribution in [-0.2, 0) is 0 Å². The number of nitrogens with two attached hydrogens (primary N) is 1. The highest BCUT2D eigenvalue weighted by Gasteiger charge is 2.08. The SMILES string of the molecule is CCCOc1nc(N)nc(Oc2cncc(Cl)c2)n1. The van der Waals surface area contributed by atoms with Crippen LogP contribution in [0, 0.1) is 0 Å². The third-order valence-corrected chi connectivity index (χ3v) is 2.14. The van der Waals surface area contributed by atoms with Crippen LogP contribution in [0.3, 0.4) is 0 Å². The highest BCUT2D eigenvalue weighted by molar-refractivity contribution is 6.30. The molecule has 0 atom stereocenters. The van der Waals surface area contributed by atoms with Crippen molar-refractivity contribution >= 4 is 17.5 Å². The molecule has 0 amide bonds. The predicted molar refractivity (Wildman–Crippen MR) is 69.3 cm³/mol. The molecule has 2 rings (SSSR count). The molecule has 0 spiro atoms. The molecule has 0 aliphatic heterocycles. The Morgan fingerprint density at radius 2 is 2.00 bits per heavy atom. The van der Waals surface area contributed by atoms with Crippen LogP contribution < -0.4 is 15.2 Å². The van der Waals surface area contributed by atoms with Crippen LogP contribution in [-0.4, -0.2) is 26.5 Å². The molecule has 19 heavy (non-hydrogen) atoms. The molecule has 8 heteroatoms. The van der Waals surface area contributed by atoms with Gasteiger partial charge in [-0.2, -0.15) is 9.97 Å². The molecule has 2 heterocycles. The Balaban J connectivity index is 2.17. The molecule has 0 aromatic carbocycles. The first kappa shape index (κ1) is 13.3. The van der Waals surface area contributed by atoms with E-state index in [4.69, 9.17) is 26.8 Å². The normalized spacial score (nSPS) is 10.2. The van der Waals surface area contributed by atoms with Gasteiger partial charge in [-0.05, 0) is 6.42 Å². The highest BCUT2D eigenvalue weighted by atomic mass is 35.5. The van der Waals surface area contributed by atoms with Gasteiger partial charge in [0.1, 0.15) is 0 Å². The van der Waals surface area contributed by atoms with Gasteiger partial charge in [0.05, 0.1) is 17.8 Å². The summed E-state index contributed by atoms with van der Waals surface area (Å²) < 4.78 is 10.7. The molecule has 0 aliphatic carbocycles. The Morgan fingerprint density at radius 1 is 1.21 bits per heavy atom. The molecule has 2 aromatic rings. The number of nitrogens with zero attached hydrogens (tertiary/aromatic N) is 4. The third-order valence-electron chi connectivity index (χ3n) is 1.94. The van der Waals surface area contributed by atoms with Crippen LogP contribution in [0.25, 0.3) is 0 Å². The van der Waals surface area contributed by atoms with Gasteiger partial charge in [-0.1, -0.05) is 18.5 Å². The number of ether oxygens (including phenoxy) is 2. The molecule has 0 unspecified atom stereocenters. The lowest BCUT2D eigenvalue weighted by Crippen LogP contribution is -2.05. The Hall–Kier alpha value is -2.15. The minimum Gasteiger partial charge on any atom is -0.463 e. The number of anilines is 1. The summed E-state index contributed by atoms with van der Waals surface area (Å²) in [6.45, 7) is 2.46. The average Bonchev–Trinajstić information content (AvgIpc) is 2.35. The molecule has 0 saturated heterocycles. The minimum absolute atomic E-state index is 0.0195. The lowest BCUT2D eigenvalue weighted by molar-refractivity contribution is 0.285. The lowest BCUT2D eigenvalue weighted by Gasteiger charge is -2.06. The maximum absolute atomic E-state index is 5.80. The quantitative estimate of drug-likeness (QED) is 0.896. The largest absolute Gasteiger partial charge is 0.463 e. The zero-order valence-electron chi connectivity index (χ0n) is 10.2. The van der Waals surface area contributed by atoms with Gasteiger partial charge >= 0.3 is 12.0 Å². The van der Waals surface area contributed by atoms with Gasteiger partial charge in [0.25, 0.3) is 0 Å². The first-order valence-electron chi connectivity index (χ1n) is 5.60. The fraction of sp³-hybridized carbons (Fsp3) is 0.273. The van der Waals surface area contributed by atoms with Crippen molar-refractivity contribution < 1.29 is 9.47 Å². The first-order chi connectivity index (χ1) is 9.17. The van der Waals surface area contributed by atoms with Gasteiger partial charge in [-0.3, -0.25) is 4.98 Å². The topological polar surface area (TPSA) is 96.0 Å². The van der Waals surface area contributed by atoms with Crippen molar-refractivity contribution in [2.45, 2.75) is 13.3 Å². The molecule has 0 aliphatic rings. The Morgan fingerprint density at radius 3 is 2.74 bits per heavy atom. The number of pyridine rings is 1. The molecular weight excluding hydrogens is 270 g/mol. The van der Waals surface area contributed by atoms with Crippen molar-refractivity contribution in [3.05, 3.63) is 23.5 Å². The molecule has 2 aromatic heterocycles. The number of rotatable bonds is 5. The average molecular weight is 282 g/mol. The maximum Gasteiger partial charge on any atom is 0.330 e. The number of hydrogen-bond donors (Lipinski definition) is 1. The first-order valence-corrected chi connectivity index (χ1v) is 5.98. The van der Waals surface area contributed by atoms with Crippen LogP contribution in [0.15, 0.2) is 18.5 Å². The van der Waals surface area contributed by atoms with Crippen molar-refractivity contribution in [2.24, 2.45) is 0 Å². The van der Waals surface area contributed by atoms with Crippen molar-refractivity contribution in [1.29, 1.82) is 0 Å². The summed E-state index contributed by atoms with van der Waals surface area (Å²) in [6, 6.07) is 1.74. The summed E-state index contributed by atoms with van der Waals surface area (Å²) in [5.74, 6) is 0.422. The second-order valence-electron chi connectivity index (χ2n) is 3.55. The van der Waals surface area contributed by atoms with E-state index in [0.29, 0.717) is 17.4 Å². The van der Waals surface area contributed by atoms with Gasteiger partial charge in [-0.15, -0.1) is 4.98 Å². The van der Waals surface area contributed by atoms with Crippen LogP contribution in [0.2, 0.25) is 5.02 Å². The maximum atomic E-state index is 5.80. The molecule has 0 fully saturated rings. The van der Waals surface area contributed by atoms with Crippen LogP contribution in [0.1, 0.15) is 13.3 Å². The number of nitrogen functional groups attached to an aromatic ring is 1. The second kappa shape index (κ2) is 6.14. The molecule has 0 bridgehead atoms. The summed E-state index contributed by atoms with van der Waals surface area (Å²) >= 11 is 5.80. The molecule has 2 N–H and O–H groups in total. The zero-order valence-corrected chi connectivity index (χ0v) is 11.0. The van der Waals surface area contributed by atoms with E-state index in [1.54, 1.807) is 6.07 Å². The van der Waals surface area contributed by atoms with Crippen molar-refractivity contribution in [2.75, 3.05) is 12.3 Å². The van der Waals surface area contributed by atoms with E-state index in [9.17, 15) is 0 Å². The van der Waals surface area contributed by atoms with Gasteiger partial charge in [0.2, 0.25) is 5.95 Å². The molecule has 100 valence electrons. The van der Waals surface area contributed by atoms with Crippen molar-refractivity contribution in [3.8, 4) is 17.8 Å². The minimum atomic E-state index is 0.0195. The van der Waals surface area contributed by atoms with E-state index in [2.05, 4.69) is 19.9 Å². The third kappa shape index (κ3) is 3.92. The van der Waals surface area contributed by atoms with Crippen molar-refractivity contribution in [3.63, 3.8) is 0 Å². The molecule has 0 saturated carbocycles. The van der Waals surface area contributed by atoms with Crippen LogP contribution >= 0.6 is 11.6 Å². The van der Waals surface area contributed by atoms with Gasteiger partial charge < -0.3 is 15.2 Å². The Kier molecular flexibility index (Phi) is 4.30. The fourth-order valence-electron chi connectivity index (χ4n) is 1.21. The number of hydrogen-bond acceptors (Lipinski definition) is 7. The van der Waals surface area contributed by atoms with E-state index in [0.717, 1.165) is 6.42 Å².